The Balaban J connectivity index is 1.36. The molecule has 0 saturated heterocycles. The number of fused-ring (bicyclic) bond motifs is 3. The molecule has 3 aromatic carbocycles. The zero-order chi connectivity index (χ0) is 23.5. The van der Waals surface area contributed by atoms with Gasteiger partial charge in [-0.3, -0.25) is 0 Å². The van der Waals surface area contributed by atoms with Crippen molar-refractivity contribution in [2.75, 3.05) is 20.3 Å². The van der Waals surface area contributed by atoms with Crippen LogP contribution in [0.25, 0.3) is 11.1 Å². The largest absolute Gasteiger partial charge is 0.497 e. The van der Waals surface area contributed by atoms with Gasteiger partial charge in [-0.25, -0.2) is 4.79 Å². The first kappa shape index (κ1) is 22.8. The average molecular weight is 448 g/mol. The van der Waals surface area contributed by atoms with Crippen molar-refractivity contribution in [1.82, 2.24) is 5.32 Å². The van der Waals surface area contributed by atoms with E-state index in [1.54, 1.807) is 19.2 Å². The van der Waals surface area contributed by atoms with Crippen LogP contribution in [0.15, 0.2) is 60.7 Å². The molecular formula is C27H29NO5. The molecule has 0 radical (unpaired) electrons. The fourth-order valence-corrected chi connectivity index (χ4v) is 4.66. The standard InChI is InChI=1S/C27H29NO5/c1-16-12-18(32-3)13-17(2)25(16)26(30)24(29)14-28-27(31)33-15-23-21-10-6-4-8-19(21)20-9-5-7-11-22(20)23/h4-13,23-24,26,29-30H,14-15H2,1-3H3,(H,28,31). The molecule has 0 fully saturated rings. The van der Waals surface area contributed by atoms with Gasteiger partial charge < -0.3 is 25.0 Å². The van der Waals surface area contributed by atoms with Crippen molar-refractivity contribution in [3.8, 4) is 16.9 Å². The number of carbonyl (C=O) groups is 1. The summed E-state index contributed by atoms with van der Waals surface area (Å²) in [5, 5.41) is 23.7. The van der Waals surface area contributed by atoms with Crippen LogP contribution in [0.4, 0.5) is 4.79 Å². The molecule has 2 unspecified atom stereocenters. The maximum absolute atomic E-state index is 12.4. The first-order valence-electron chi connectivity index (χ1n) is 11.0. The molecule has 6 nitrogen and oxygen atoms in total. The van der Waals surface area contributed by atoms with Crippen LogP contribution in [0.1, 0.15) is 39.8 Å². The molecule has 0 heterocycles. The van der Waals surface area contributed by atoms with Crippen molar-refractivity contribution < 1.29 is 24.5 Å². The number of amides is 1. The quantitative estimate of drug-likeness (QED) is 0.504. The number of rotatable bonds is 7. The summed E-state index contributed by atoms with van der Waals surface area (Å²) in [4.78, 5) is 12.4. The molecule has 3 N–H and O–H groups in total. The molecule has 4 rings (SSSR count). The maximum atomic E-state index is 12.4. The molecular weight excluding hydrogens is 418 g/mol. The minimum Gasteiger partial charge on any atom is -0.497 e. The third kappa shape index (κ3) is 4.58. The van der Waals surface area contributed by atoms with Crippen LogP contribution >= 0.6 is 0 Å². The van der Waals surface area contributed by atoms with Gasteiger partial charge in [0.15, 0.2) is 0 Å². The number of ether oxygens (including phenoxy) is 2. The molecule has 6 heteroatoms. The van der Waals surface area contributed by atoms with Gasteiger partial charge in [-0.2, -0.15) is 0 Å². The van der Waals surface area contributed by atoms with Crippen LogP contribution in [-0.2, 0) is 4.74 Å². The Hall–Kier alpha value is -3.35. The number of hydrogen-bond donors (Lipinski definition) is 3. The van der Waals surface area contributed by atoms with E-state index in [1.165, 1.54) is 0 Å². The van der Waals surface area contributed by atoms with E-state index >= 15 is 0 Å². The van der Waals surface area contributed by atoms with Gasteiger partial charge in [0.2, 0.25) is 0 Å². The van der Waals surface area contributed by atoms with Gasteiger partial charge in [-0.05, 0) is 64.9 Å². The van der Waals surface area contributed by atoms with Gasteiger partial charge in [-0.15, -0.1) is 0 Å². The lowest BCUT2D eigenvalue weighted by Gasteiger charge is -2.23. The molecule has 33 heavy (non-hydrogen) atoms. The number of benzene rings is 3. The minimum atomic E-state index is -1.18. The highest BCUT2D eigenvalue weighted by molar-refractivity contribution is 5.79. The number of hydrogen-bond acceptors (Lipinski definition) is 5. The third-order valence-electron chi connectivity index (χ3n) is 6.26. The molecule has 0 aromatic heterocycles. The Morgan fingerprint density at radius 1 is 0.970 bits per heavy atom. The van der Waals surface area contributed by atoms with E-state index in [2.05, 4.69) is 29.6 Å². The Kier molecular flexibility index (Phi) is 6.67. The van der Waals surface area contributed by atoms with E-state index in [9.17, 15) is 15.0 Å². The molecule has 0 aliphatic heterocycles. The summed E-state index contributed by atoms with van der Waals surface area (Å²) in [7, 11) is 1.58. The number of aliphatic hydroxyl groups excluding tert-OH is 2. The Morgan fingerprint density at radius 2 is 1.52 bits per heavy atom. The summed E-state index contributed by atoms with van der Waals surface area (Å²) in [5.74, 6) is 0.649. The van der Waals surface area contributed by atoms with Crippen LogP contribution in [0.5, 0.6) is 5.75 Å². The molecule has 2 atom stereocenters. The summed E-state index contributed by atoms with van der Waals surface area (Å²) >= 11 is 0. The van der Waals surface area contributed by atoms with Crippen molar-refractivity contribution in [2.24, 2.45) is 0 Å². The lowest BCUT2D eigenvalue weighted by molar-refractivity contribution is 0.0178. The molecule has 3 aromatic rings. The Morgan fingerprint density at radius 3 is 2.06 bits per heavy atom. The molecule has 172 valence electrons. The fraction of sp³-hybridized carbons (Fsp3) is 0.296. The number of alkyl carbamates (subject to hydrolysis) is 1. The number of methoxy groups -OCH3 is 1. The van der Waals surface area contributed by atoms with Crippen LogP contribution in [0.2, 0.25) is 0 Å². The molecule has 1 aliphatic carbocycles. The van der Waals surface area contributed by atoms with Crippen LogP contribution < -0.4 is 10.1 Å². The maximum Gasteiger partial charge on any atom is 0.407 e. The highest BCUT2D eigenvalue weighted by Crippen LogP contribution is 2.44. The average Bonchev–Trinajstić information content (AvgIpc) is 3.14. The van der Waals surface area contributed by atoms with Crippen LogP contribution in [0.3, 0.4) is 0 Å². The topological polar surface area (TPSA) is 88.0 Å². The van der Waals surface area contributed by atoms with Crippen molar-refractivity contribution in [1.29, 1.82) is 0 Å². The number of carbonyl (C=O) groups excluding carboxylic acids is 1. The van der Waals surface area contributed by atoms with Gasteiger partial charge in [0.05, 0.1) is 7.11 Å². The Labute approximate surface area is 193 Å². The number of nitrogens with one attached hydrogen (secondary N) is 1. The molecule has 1 amide bonds. The smallest absolute Gasteiger partial charge is 0.407 e. The second kappa shape index (κ2) is 9.65. The first-order valence-corrected chi connectivity index (χ1v) is 11.0. The SMILES string of the molecule is COc1cc(C)c(C(O)C(O)CNC(=O)OCC2c3ccccc3-c3ccccc32)c(C)c1. The molecule has 0 bridgehead atoms. The summed E-state index contributed by atoms with van der Waals surface area (Å²) in [6.45, 7) is 3.75. The van der Waals surface area contributed by atoms with Crippen molar-refractivity contribution in [3.63, 3.8) is 0 Å². The third-order valence-corrected chi connectivity index (χ3v) is 6.26. The van der Waals surface area contributed by atoms with Crippen LogP contribution in [0, 0.1) is 13.8 Å². The van der Waals surface area contributed by atoms with E-state index in [1.807, 2.05) is 38.1 Å². The van der Waals surface area contributed by atoms with Crippen LogP contribution in [-0.4, -0.2) is 42.7 Å². The van der Waals surface area contributed by atoms with Gasteiger partial charge in [-0.1, -0.05) is 48.5 Å². The van der Waals surface area contributed by atoms with E-state index in [0.29, 0.717) is 11.3 Å². The van der Waals surface area contributed by atoms with Crippen molar-refractivity contribution in [2.45, 2.75) is 32.0 Å². The second-order valence-corrected chi connectivity index (χ2v) is 8.39. The Bertz CT molecular complexity index is 1090. The lowest BCUT2D eigenvalue weighted by atomic mass is 9.94. The van der Waals surface area contributed by atoms with Gasteiger partial charge in [0.25, 0.3) is 0 Å². The van der Waals surface area contributed by atoms with Gasteiger partial charge in [0, 0.05) is 12.5 Å². The lowest BCUT2D eigenvalue weighted by Crippen LogP contribution is -2.36. The van der Waals surface area contributed by atoms with E-state index in [4.69, 9.17) is 9.47 Å². The zero-order valence-corrected chi connectivity index (χ0v) is 19.0. The van der Waals surface area contributed by atoms with E-state index < -0.39 is 18.3 Å². The first-order chi connectivity index (χ1) is 15.9. The minimum absolute atomic E-state index is 0.0386. The molecule has 0 saturated carbocycles. The van der Waals surface area contributed by atoms with Crippen molar-refractivity contribution in [3.05, 3.63) is 88.5 Å². The summed E-state index contributed by atoms with van der Waals surface area (Å²) < 4.78 is 10.7. The number of aryl methyl sites for hydroxylation is 2. The second-order valence-electron chi connectivity index (χ2n) is 8.39. The fourth-order valence-electron chi connectivity index (χ4n) is 4.66. The molecule has 0 spiro atoms. The van der Waals surface area contributed by atoms with Crippen molar-refractivity contribution >= 4 is 6.09 Å². The predicted octanol–water partition coefficient (Wildman–Crippen LogP) is 4.25. The normalized spacial score (nSPS) is 14.2. The van der Waals surface area contributed by atoms with Gasteiger partial charge >= 0.3 is 6.09 Å². The summed E-state index contributed by atoms with van der Waals surface area (Å²) in [6.07, 6.45) is -2.97. The highest BCUT2D eigenvalue weighted by atomic mass is 16.5. The predicted molar refractivity (Wildman–Crippen MR) is 127 cm³/mol. The van der Waals surface area contributed by atoms with Gasteiger partial charge in [0.1, 0.15) is 24.6 Å². The highest BCUT2D eigenvalue weighted by Gasteiger charge is 2.29. The summed E-state index contributed by atoms with van der Waals surface area (Å²) in [5.41, 5.74) is 6.81. The zero-order valence-electron chi connectivity index (χ0n) is 19.0. The van der Waals surface area contributed by atoms with E-state index in [0.717, 1.165) is 33.4 Å². The molecule has 1 aliphatic rings. The monoisotopic (exact) mass is 447 g/mol. The number of aliphatic hydroxyl groups is 2. The van der Waals surface area contributed by atoms with E-state index in [-0.39, 0.29) is 19.1 Å². The summed E-state index contributed by atoms with van der Waals surface area (Å²) in [6, 6.07) is 19.9.